The number of hydrogen-bond acceptors (Lipinski definition) is 5. The summed E-state index contributed by atoms with van der Waals surface area (Å²) in [5.41, 5.74) is 6.07. The molecule has 1 aromatic carbocycles. The van der Waals surface area contributed by atoms with Crippen molar-refractivity contribution in [2.75, 3.05) is 37.6 Å². The standard InChI is InChI=1S/C26H32ClIN7OP/c1-16-8-20-19(11-30-35(20)37-28)22(23(16)27)21-17(2)34(18-9-25(10-18)13-32(14-25)15-36)31-24(21)33-7-6-29-12-26(33)4-3-5-26/h8,11,15,18,29,37H,3-7,9-10,12-14H2,1-2H3. The van der Waals surface area contributed by atoms with Gasteiger partial charge < -0.3 is 15.1 Å². The molecule has 4 heterocycles. The number of aryl methyl sites for hydroxylation is 1. The molecule has 0 bridgehead atoms. The summed E-state index contributed by atoms with van der Waals surface area (Å²) in [5, 5.41) is 15.7. The van der Waals surface area contributed by atoms with E-state index in [0.717, 1.165) is 84.8 Å². The number of aromatic nitrogens is 4. The molecule has 3 aromatic rings. The van der Waals surface area contributed by atoms with E-state index in [-0.39, 0.29) is 11.0 Å². The quantitative estimate of drug-likeness (QED) is 0.237. The lowest BCUT2D eigenvalue weighted by Gasteiger charge is -2.58. The largest absolute Gasteiger partial charge is 0.346 e. The molecule has 1 atom stereocenters. The predicted octanol–water partition coefficient (Wildman–Crippen LogP) is 5.09. The van der Waals surface area contributed by atoms with Crippen molar-refractivity contribution < 1.29 is 4.79 Å². The molecule has 2 aromatic heterocycles. The van der Waals surface area contributed by atoms with Gasteiger partial charge in [0.1, 0.15) is 0 Å². The Hall–Kier alpha value is -1.42. The molecule has 2 aliphatic carbocycles. The first-order chi connectivity index (χ1) is 17.9. The summed E-state index contributed by atoms with van der Waals surface area (Å²) >= 11 is 9.55. The third kappa shape index (κ3) is 3.56. The summed E-state index contributed by atoms with van der Waals surface area (Å²) in [5.74, 6) is 1.08. The van der Waals surface area contributed by atoms with Crippen LogP contribution in [-0.2, 0) is 4.79 Å². The van der Waals surface area contributed by atoms with Crippen LogP contribution in [-0.4, -0.2) is 68.9 Å². The number of fused-ring (bicyclic) bond motifs is 1. The van der Waals surface area contributed by atoms with Gasteiger partial charge in [0.05, 0.1) is 34.7 Å². The van der Waals surface area contributed by atoms with E-state index >= 15 is 0 Å². The van der Waals surface area contributed by atoms with Crippen molar-refractivity contribution in [3.8, 4) is 11.1 Å². The Morgan fingerprint density at radius 3 is 2.70 bits per heavy atom. The Balaban J connectivity index is 1.39. The Morgan fingerprint density at radius 1 is 1.24 bits per heavy atom. The SMILES string of the molecule is Cc1cc2c(cnn2PI)c(-c2c(N3CCNCC34CCC4)nn(C3CC4(C3)CN(C=O)C4)c2C)c1Cl. The lowest BCUT2D eigenvalue weighted by Crippen LogP contribution is -2.65. The molecule has 1 amide bonds. The average Bonchev–Trinajstić information content (AvgIpc) is 3.38. The molecule has 2 saturated carbocycles. The normalized spacial score (nSPS) is 22.7. The number of rotatable bonds is 5. The second kappa shape index (κ2) is 8.80. The maximum Gasteiger partial charge on any atom is 0.209 e. The van der Waals surface area contributed by atoms with E-state index in [0.29, 0.717) is 12.4 Å². The maximum absolute atomic E-state index is 11.2. The van der Waals surface area contributed by atoms with Crippen molar-refractivity contribution in [3.63, 3.8) is 0 Å². The fourth-order valence-electron chi connectivity index (χ4n) is 7.39. The first-order valence-corrected chi connectivity index (χ1v) is 17.6. The number of amides is 1. The summed E-state index contributed by atoms with van der Waals surface area (Å²) in [6, 6.07) is 2.53. The molecule has 7 rings (SSSR count). The van der Waals surface area contributed by atoms with Gasteiger partial charge in [0.15, 0.2) is 5.82 Å². The van der Waals surface area contributed by atoms with Gasteiger partial charge in [-0.1, -0.05) is 11.6 Å². The van der Waals surface area contributed by atoms with Crippen LogP contribution in [0, 0.1) is 19.3 Å². The van der Waals surface area contributed by atoms with Crippen LogP contribution in [0.1, 0.15) is 49.4 Å². The van der Waals surface area contributed by atoms with Gasteiger partial charge in [0.2, 0.25) is 6.41 Å². The van der Waals surface area contributed by atoms with Gasteiger partial charge in [0, 0.05) is 60.3 Å². The van der Waals surface area contributed by atoms with Crippen LogP contribution in [0.5, 0.6) is 0 Å². The van der Waals surface area contributed by atoms with Gasteiger partial charge in [0.25, 0.3) is 0 Å². The highest BCUT2D eigenvalue weighted by Crippen LogP contribution is 2.56. The Labute approximate surface area is 236 Å². The number of anilines is 1. The fraction of sp³-hybridized carbons (Fsp3) is 0.577. The number of nitrogens with one attached hydrogen (secondary N) is 1. The Morgan fingerprint density at radius 2 is 2.03 bits per heavy atom. The summed E-state index contributed by atoms with van der Waals surface area (Å²) in [7, 11) is 0. The van der Waals surface area contributed by atoms with E-state index in [9.17, 15) is 4.79 Å². The fourth-order valence-corrected chi connectivity index (χ4v) is 9.17. The number of carbonyl (C=O) groups is 1. The molecule has 8 nitrogen and oxygen atoms in total. The zero-order valence-corrected chi connectivity index (χ0v) is 25.1. The summed E-state index contributed by atoms with van der Waals surface area (Å²) in [4.78, 5) is 15.7. The first kappa shape index (κ1) is 24.6. The third-order valence-corrected chi connectivity index (χ3v) is 11.8. The smallest absolute Gasteiger partial charge is 0.209 e. The molecule has 11 heteroatoms. The molecular formula is C26H32ClIN7OP. The topological polar surface area (TPSA) is 71.2 Å². The first-order valence-electron chi connectivity index (χ1n) is 13.2. The van der Waals surface area contributed by atoms with Crippen molar-refractivity contribution in [3.05, 3.63) is 28.5 Å². The molecule has 1 N–H and O–H groups in total. The molecule has 4 aliphatic rings. The zero-order valence-electron chi connectivity index (χ0n) is 21.2. The van der Waals surface area contributed by atoms with Crippen LogP contribution < -0.4 is 10.2 Å². The van der Waals surface area contributed by atoms with E-state index in [4.69, 9.17) is 21.8 Å². The van der Waals surface area contributed by atoms with Crippen LogP contribution in [0.3, 0.4) is 0 Å². The number of halogens is 2. The highest BCUT2D eigenvalue weighted by Gasteiger charge is 2.54. The molecule has 1 unspecified atom stereocenters. The highest BCUT2D eigenvalue weighted by molar-refractivity contribution is 14.2. The number of carbonyl (C=O) groups excluding carboxylic acids is 1. The van der Waals surface area contributed by atoms with Gasteiger partial charge in [-0.05, 0) is 79.6 Å². The second-order valence-corrected chi connectivity index (χ2v) is 14.1. The average molecular weight is 652 g/mol. The molecule has 2 saturated heterocycles. The number of piperazine rings is 1. The molecule has 2 spiro atoms. The minimum atomic E-state index is 0.140. The van der Waals surface area contributed by atoms with Crippen LogP contribution in [0.2, 0.25) is 5.02 Å². The number of hydrogen-bond donors (Lipinski definition) is 1. The number of likely N-dealkylation sites (tertiary alicyclic amines) is 1. The minimum absolute atomic E-state index is 0.140. The van der Waals surface area contributed by atoms with Gasteiger partial charge in [-0.2, -0.15) is 10.2 Å². The van der Waals surface area contributed by atoms with Gasteiger partial charge >= 0.3 is 0 Å². The summed E-state index contributed by atoms with van der Waals surface area (Å²) < 4.78 is 4.37. The van der Waals surface area contributed by atoms with Gasteiger partial charge in [-0.25, -0.2) is 4.45 Å². The molecule has 2 aliphatic heterocycles. The van der Waals surface area contributed by atoms with Crippen molar-refractivity contribution in [1.29, 1.82) is 0 Å². The van der Waals surface area contributed by atoms with Crippen molar-refractivity contribution >= 4 is 63.1 Å². The Bertz CT molecular complexity index is 1400. The molecule has 196 valence electrons. The second-order valence-electron chi connectivity index (χ2n) is 11.7. The lowest BCUT2D eigenvalue weighted by atomic mass is 9.61. The third-order valence-electron chi connectivity index (χ3n) is 9.44. The molecule has 37 heavy (non-hydrogen) atoms. The summed E-state index contributed by atoms with van der Waals surface area (Å²) in [6.07, 6.45) is 9.32. The Kier molecular flexibility index (Phi) is 5.85. The van der Waals surface area contributed by atoms with Crippen LogP contribution in [0.15, 0.2) is 12.3 Å². The maximum atomic E-state index is 11.2. The van der Waals surface area contributed by atoms with E-state index in [2.05, 4.69) is 61.3 Å². The molecule has 0 radical (unpaired) electrons. The van der Waals surface area contributed by atoms with Crippen molar-refractivity contribution in [1.82, 2.24) is 29.5 Å². The highest BCUT2D eigenvalue weighted by atomic mass is 127. The van der Waals surface area contributed by atoms with Gasteiger partial charge in [-0.3, -0.25) is 9.48 Å². The van der Waals surface area contributed by atoms with E-state index in [1.165, 1.54) is 30.5 Å². The zero-order chi connectivity index (χ0) is 25.5. The molecule has 4 fully saturated rings. The number of benzene rings is 1. The van der Waals surface area contributed by atoms with E-state index in [1.807, 2.05) is 11.1 Å². The number of nitrogens with zero attached hydrogens (tertiary/aromatic N) is 6. The van der Waals surface area contributed by atoms with Crippen LogP contribution in [0.4, 0.5) is 5.82 Å². The van der Waals surface area contributed by atoms with Gasteiger partial charge in [-0.15, -0.1) is 0 Å². The lowest BCUT2D eigenvalue weighted by molar-refractivity contribution is -0.140. The van der Waals surface area contributed by atoms with E-state index < -0.39 is 0 Å². The van der Waals surface area contributed by atoms with Crippen molar-refractivity contribution in [2.45, 2.75) is 57.5 Å². The molecular weight excluding hydrogens is 620 g/mol. The monoisotopic (exact) mass is 651 g/mol. The van der Waals surface area contributed by atoms with E-state index in [1.54, 1.807) is 0 Å². The summed E-state index contributed by atoms with van der Waals surface area (Å²) in [6.45, 7) is 9.02. The van der Waals surface area contributed by atoms with Crippen LogP contribution >= 0.6 is 40.0 Å². The van der Waals surface area contributed by atoms with Crippen molar-refractivity contribution in [2.24, 2.45) is 5.41 Å². The predicted molar refractivity (Wildman–Crippen MR) is 158 cm³/mol. The minimum Gasteiger partial charge on any atom is -0.346 e. The van der Waals surface area contributed by atoms with Crippen LogP contribution in [0.25, 0.3) is 22.0 Å².